The lowest BCUT2D eigenvalue weighted by Gasteiger charge is -2.48. The summed E-state index contributed by atoms with van der Waals surface area (Å²) in [6.45, 7) is 21.6. The fourth-order valence-corrected chi connectivity index (χ4v) is 3.61. The zero-order valence-electron chi connectivity index (χ0n) is 15.7. The number of unbranched alkanes of at least 4 members (excludes halogenated alkanes) is 1. The number of nitrogens with zero attached hydrogens (tertiary/aromatic N) is 2. The summed E-state index contributed by atoms with van der Waals surface area (Å²) in [5.74, 6) is 0. The molecule has 2 saturated heterocycles. The van der Waals surface area contributed by atoms with Crippen molar-refractivity contribution in [2.24, 2.45) is 10.8 Å². The highest BCUT2D eigenvalue weighted by Gasteiger charge is 2.46. The molecule has 2 heterocycles. The Kier molecular flexibility index (Phi) is 7.70. The van der Waals surface area contributed by atoms with Gasteiger partial charge >= 0.3 is 0 Å². The van der Waals surface area contributed by atoms with Gasteiger partial charge in [0.1, 0.15) is 0 Å². The summed E-state index contributed by atoms with van der Waals surface area (Å²) in [6, 6.07) is 0. The van der Waals surface area contributed by atoms with Crippen molar-refractivity contribution in [1.82, 2.24) is 9.80 Å². The molecule has 2 fully saturated rings. The van der Waals surface area contributed by atoms with Crippen molar-refractivity contribution < 1.29 is 0 Å². The molecule has 0 atom stereocenters. The lowest BCUT2D eigenvalue weighted by molar-refractivity contribution is 0.00749. The molecule has 0 aromatic rings. The van der Waals surface area contributed by atoms with E-state index in [1.165, 1.54) is 71.4 Å². The first kappa shape index (κ1) is 19.0. The molecule has 126 valence electrons. The van der Waals surface area contributed by atoms with Crippen LogP contribution in [0.2, 0.25) is 0 Å². The van der Waals surface area contributed by atoms with E-state index in [9.17, 15) is 0 Å². The first-order valence-corrected chi connectivity index (χ1v) is 9.29. The highest BCUT2D eigenvalue weighted by Crippen LogP contribution is 2.39. The van der Waals surface area contributed by atoms with Gasteiger partial charge in [0.2, 0.25) is 0 Å². The fourth-order valence-electron chi connectivity index (χ4n) is 3.61. The Morgan fingerprint density at radius 3 is 1.95 bits per heavy atom. The number of likely N-dealkylation sites (tertiary alicyclic amines) is 2. The molecule has 0 aromatic carbocycles. The molecule has 21 heavy (non-hydrogen) atoms. The van der Waals surface area contributed by atoms with Crippen molar-refractivity contribution in [2.75, 3.05) is 39.3 Å². The van der Waals surface area contributed by atoms with Gasteiger partial charge in [-0.15, -0.1) is 0 Å². The van der Waals surface area contributed by atoms with E-state index in [1.807, 2.05) is 0 Å². The maximum atomic E-state index is 2.68. The SMILES string of the molecule is CCC.CCN1CCC2(C1)CN(CCCCC(C)(C)C)C2. The molecular weight excluding hydrogens is 256 g/mol. The molecule has 2 aliphatic rings. The molecule has 2 rings (SSSR count). The van der Waals surface area contributed by atoms with E-state index in [1.54, 1.807) is 0 Å². The predicted molar refractivity (Wildman–Crippen MR) is 94.9 cm³/mol. The predicted octanol–water partition coefficient (Wildman–Crippen LogP) is 4.65. The second-order valence-corrected chi connectivity index (χ2v) is 8.55. The Labute approximate surface area is 134 Å². The highest BCUT2D eigenvalue weighted by molar-refractivity contribution is 5.00. The van der Waals surface area contributed by atoms with Gasteiger partial charge in [-0.1, -0.05) is 54.4 Å². The lowest BCUT2D eigenvalue weighted by Crippen LogP contribution is -2.57. The van der Waals surface area contributed by atoms with Gasteiger partial charge in [0.15, 0.2) is 0 Å². The first-order valence-electron chi connectivity index (χ1n) is 9.29. The largest absolute Gasteiger partial charge is 0.303 e. The molecule has 0 amide bonds. The molecule has 1 spiro atoms. The van der Waals surface area contributed by atoms with Gasteiger partial charge in [0.25, 0.3) is 0 Å². The van der Waals surface area contributed by atoms with Crippen LogP contribution in [-0.4, -0.2) is 49.1 Å². The average Bonchev–Trinajstić information content (AvgIpc) is 2.78. The minimum atomic E-state index is 0.517. The quantitative estimate of drug-likeness (QED) is 0.682. The van der Waals surface area contributed by atoms with Crippen molar-refractivity contribution in [3.05, 3.63) is 0 Å². The van der Waals surface area contributed by atoms with E-state index in [-0.39, 0.29) is 0 Å². The van der Waals surface area contributed by atoms with Crippen LogP contribution in [0.1, 0.15) is 73.6 Å². The maximum absolute atomic E-state index is 2.68. The van der Waals surface area contributed by atoms with Gasteiger partial charge in [-0.25, -0.2) is 0 Å². The third-order valence-electron chi connectivity index (χ3n) is 4.73. The van der Waals surface area contributed by atoms with Gasteiger partial charge in [-0.05, 0) is 44.3 Å². The molecule has 0 radical (unpaired) electrons. The van der Waals surface area contributed by atoms with Crippen LogP contribution < -0.4 is 0 Å². The summed E-state index contributed by atoms with van der Waals surface area (Å²) in [4.78, 5) is 5.30. The van der Waals surface area contributed by atoms with Crippen molar-refractivity contribution in [3.63, 3.8) is 0 Å². The van der Waals surface area contributed by atoms with Crippen molar-refractivity contribution >= 4 is 0 Å². The zero-order chi connectivity index (χ0) is 15.9. The smallest absolute Gasteiger partial charge is 0.00969 e. The van der Waals surface area contributed by atoms with E-state index in [0.717, 1.165) is 0 Å². The summed E-state index contributed by atoms with van der Waals surface area (Å²) in [6.07, 6.45) is 6.86. The number of hydrogen-bond acceptors (Lipinski definition) is 2. The van der Waals surface area contributed by atoms with Crippen molar-refractivity contribution in [1.29, 1.82) is 0 Å². The molecule has 0 bridgehead atoms. The summed E-state index contributed by atoms with van der Waals surface area (Å²) < 4.78 is 0. The molecule has 2 nitrogen and oxygen atoms in total. The van der Waals surface area contributed by atoms with Crippen molar-refractivity contribution in [2.45, 2.75) is 73.6 Å². The molecule has 0 unspecified atom stereocenters. The normalized spacial score (nSPS) is 22.0. The molecule has 0 aliphatic carbocycles. The monoisotopic (exact) mass is 296 g/mol. The molecule has 0 saturated carbocycles. The maximum Gasteiger partial charge on any atom is 0.00969 e. The second-order valence-electron chi connectivity index (χ2n) is 8.55. The van der Waals surface area contributed by atoms with Crippen LogP contribution in [0.15, 0.2) is 0 Å². The second kappa shape index (κ2) is 8.53. The topological polar surface area (TPSA) is 6.48 Å². The Hall–Kier alpha value is -0.0800. The highest BCUT2D eigenvalue weighted by atomic mass is 15.3. The molecule has 2 aliphatic heterocycles. The van der Waals surface area contributed by atoms with Crippen LogP contribution in [-0.2, 0) is 0 Å². The third-order valence-corrected chi connectivity index (χ3v) is 4.73. The summed E-state index contributed by atoms with van der Waals surface area (Å²) in [5, 5.41) is 0. The van der Waals surface area contributed by atoms with Crippen LogP contribution in [0, 0.1) is 10.8 Å². The minimum absolute atomic E-state index is 0.517. The van der Waals surface area contributed by atoms with Crippen LogP contribution in [0.4, 0.5) is 0 Å². The van der Waals surface area contributed by atoms with Gasteiger partial charge in [0, 0.05) is 25.0 Å². The van der Waals surface area contributed by atoms with Crippen molar-refractivity contribution in [3.8, 4) is 0 Å². The summed E-state index contributed by atoms with van der Waals surface area (Å²) >= 11 is 0. The van der Waals surface area contributed by atoms with E-state index in [0.29, 0.717) is 10.8 Å². The van der Waals surface area contributed by atoms with Crippen LogP contribution in [0.3, 0.4) is 0 Å². The fraction of sp³-hybridized carbons (Fsp3) is 1.00. The zero-order valence-corrected chi connectivity index (χ0v) is 15.7. The Bertz CT molecular complexity index is 274. The van der Waals surface area contributed by atoms with E-state index in [2.05, 4.69) is 51.3 Å². The van der Waals surface area contributed by atoms with Gasteiger partial charge < -0.3 is 9.80 Å². The summed E-state index contributed by atoms with van der Waals surface area (Å²) in [5.41, 5.74) is 1.21. The van der Waals surface area contributed by atoms with Crippen LogP contribution >= 0.6 is 0 Å². The first-order chi connectivity index (χ1) is 9.84. The molecular formula is C19H40N2. The Morgan fingerprint density at radius 2 is 1.48 bits per heavy atom. The van der Waals surface area contributed by atoms with Crippen LogP contribution in [0.25, 0.3) is 0 Å². The van der Waals surface area contributed by atoms with E-state index in [4.69, 9.17) is 0 Å². The van der Waals surface area contributed by atoms with Gasteiger partial charge in [-0.2, -0.15) is 0 Å². The summed E-state index contributed by atoms with van der Waals surface area (Å²) in [7, 11) is 0. The van der Waals surface area contributed by atoms with Crippen LogP contribution in [0.5, 0.6) is 0 Å². The molecule has 0 N–H and O–H groups in total. The Morgan fingerprint density at radius 1 is 0.905 bits per heavy atom. The molecule has 2 heteroatoms. The average molecular weight is 297 g/mol. The molecule has 0 aromatic heterocycles. The number of rotatable bonds is 5. The van der Waals surface area contributed by atoms with E-state index >= 15 is 0 Å². The van der Waals surface area contributed by atoms with E-state index < -0.39 is 0 Å². The van der Waals surface area contributed by atoms with Gasteiger partial charge in [-0.3, -0.25) is 0 Å². The standard InChI is InChI=1S/C16H32N2.C3H8/c1-5-17-11-9-16(12-17)13-18(14-16)10-7-6-8-15(2,3)4;1-3-2/h5-14H2,1-4H3;3H2,1-2H3. The number of hydrogen-bond donors (Lipinski definition) is 0. The third kappa shape index (κ3) is 6.69. The minimum Gasteiger partial charge on any atom is -0.303 e. The lowest BCUT2D eigenvalue weighted by atomic mass is 9.79. The van der Waals surface area contributed by atoms with Gasteiger partial charge in [0.05, 0.1) is 0 Å². The Balaban J connectivity index is 0.000000677.